The number of benzene rings is 2. The Hall–Kier alpha value is -3.18. The van der Waals surface area contributed by atoms with Crippen molar-refractivity contribution in [1.82, 2.24) is 14.5 Å². The van der Waals surface area contributed by atoms with Gasteiger partial charge in [-0.05, 0) is 29.8 Å². The highest BCUT2D eigenvalue weighted by atomic mass is 35.5. The maximum atomic E-state index is 12.4. The molecular formula is C20H15ClN4O. The van der Waals surface area contributed by atoms with Crippen molar-refractivity contribution >= 4 is 34.2 Å². The molecule has 0 aliphatic rings. The number of hydrogen-bond donors (Lipinski definition) is 1. The molecule has 128 valence electrons. The number of nitrogens with one attached hydrogen (secondary N) is 1. The summed E-state index contributed by atoms with van der Waals surface area (Å²) >= 11 is 6.01. The van der Waals surface area contributed by atoms with Crippen LogP contribution in [0.3, 0.4) is 0 Å². The molecule has 6 heteroatoms. The summed E-state index contributed by atoms with van der Waals surface area (Å²) in [5.74, 6) is 0.191. The molecule has 0 atom stereocenters. The van der Waals surface area contributed by atoms with Crippen molar-refractivity contribution < 1.29 is 4.79 Å². The zero-order chi connectivity index (χ0) is 17.9. The van der Waals surface area contributed by atoms with E-state index in [4.69, 9.17) is 11.6 Å². The first-order valence-electron chi connectivity index (χ1n) is 8.11. The number of aromatic nitrogens is 3. The lowest BCUT2D eigenvalue weighted by molar-refractivity contribution is 0.102. The Morgan fingerprint density at radius 2 is 1.96 bits per heavy atom. The quantitative estimate of drug-likeness (QED) is 0.586. The second kappa shape index (κ2) is 6.98. The van der Waals surface area contributed by atoms with E-state index in [0.29, 0.717) is 23.1 Å². The molecule has 1 amide bonds. The number of imidazole rings is 1. The van der Waals surface area contributed by atoms with Gasteiger partial charge in [0, 0.05) is 23.2 Å². The van der Waals surface area contributed by atoms with Gasteiger partial charge in [-0.1, -0.05) is 48.0 Å². The summed E-state index contributed by atoms with van der Waals surface area (Å²) in [6.07, 6.45) is 3.45. The van der Waals surface area contributed by atoms with E-state index in [1.54, 1.807) is 18.6 Å². The van der Waals surface area contributed by atoms with Crippen LogP contribution in [0.4, 0.5) is 5.82 Å². The third kappa shape index (κ3) is 3.58. The molecule has 0 fully saturated rings. The summed E-state index contributed by atoms with van der Waals surface area (Å²) in [4.78, 5) is 21.1. The SMILES string of the molecule is O=C(Nc1cn(Cc2cccc(Cl)c2)cn1)c1ccc2ccccc2n1. The monoisotopic (exact) mass is 362 g/mol. The van der Waals surface area contributed by atoms with E-state index in [-0.39, 0.29) is 5.91 Å². The van der Waals surface area contributed by atoms with Crippen LogP contribution in [0.1, 0.15) is 16.1 Å². The highest BCUT2D eigenvalue weighted by Crippen LogP contribution is 2.15. The normalized spacial score (nSPS) is 10.8. The molecule has 0 aliphatic carbocycles. The molecule has 0 saturated heterocycles. The Morgan fingerprint density at radius 1 is 1.08 bits per heavy atom. The average Bonchev–Trinajstić information content (AvgIpc) is 3.08. The average molecular weight is 363 g/mol. The van der Waals surface area contributed by atoms with Crippen LogP contribution >= 0.6 is 11.6 Å². The minimum atomic E-state index is -0.288. The second-order valence-electron chi connectivity index (χ2n) is 5.90. The molecule has 5 nitrogen and oxygen atoms in total. The van der Waals surface area contributed by atoms with Crippen molar-refractivity contribution in [1.29, 1.82) is 0 Å². The summed E-state index contributed by atoms with van der Waals surface area (Å²) < 4.78 is 1.88. The van der Waals surface area contributed by atoms with Gasteiger partial charge in [-0.3, -0.25) is 4.79 Å². The number of pyridine rings is 1. The highest BCUT2D eigenvalue weighted by Gasteiger charge is 2.10. The third-order valence-corrected chi connectivity index (χ3v) is 4.20. The van der Waals surface area contributed by atoms with Gasteiger partial charge in [0.1, 0.15) is 5.69 Å². The molecule has 4 aromatic rings. The number of carbonyl (C=O) groups excluding carboxylic acids is 1. The Morgan fingerprint density at radius 3 is 2.85 bits per heavy atom. The molecule has 0 aliphatic heterocycles. The standard InChI is InChI=1S/C20H15ClN4O/c21-16-6-3-4-14(10-16)11-25-12-19(22-13-25)24-20(26)18-9-8-15-5-1-2-7-17(15)23-18/h1-10,12-13H,11H2,(H,24,26). The van der Waals surface area contributed by atoms with Crippen LogP contribution in [0.5, 0.6) is 0 Å². The van der Waals surface area contributed by atoms with Crippen LogP contribution in [0.25, 0.3) is 10.9 Å². The first kappa shape index (κ1) is 16.3. The van der Waals surface area contributed by atoms with Gasteiger partial charge < -0.3 is 9.88 Å². The Balaban J connectivity index is 1.48. The number of nitrogens with zero attached hydrogens (tertiary/aromatic N) is 3. The first-order valence-corrected chi connectivity index (χ1v) is 8.48. The summed E-state index contributed by atoms with van der Waals surface area (Å²) in [6, 6.07) is 18.9. The second-order valence-corrected chi connectivity index (χ2v) is 6.34. The fraction of sp³-hybridized carbons (Fsp3) is 0.0500. The van der Waals surface area contributed by atoms with Crippen LogP contribution in [0.2, 0.25) is 5.02 Å². The van der Waals surface area contributed by atoms with Crippen LogP contribution in [0, 0.1) is 0 Å². The number of amides is 1. The largest absolute Gasteiger partial charge is 0.331 e. The molecular weight excluding hydrogens is 348 g/mol. The summed E-state index contributed by atoms with van der Waals surface area (Å²) in [5, 5.41) is 4.47. The number of anilines is 1. The van der Waals surface area contributed by atoms with Crippen molar-refractivity contribution in [2.45, 2.75) is 6.54 Å². The van der Waals surface area contributed by atoms with Crippen LogP contribution in [0.15, 0.2) is 73.2 Å². The predicted molar refractivity (Wildman–Crippen MR) is 102 cm³/mol. The molecule has 2 heterocycles. The van der Waals surface area contributed by atoms with Crippen molar-refractivity contribution in [3.63, 3.8) is 0 Å². The van der Waals surface area contributed by atoms with Gasteiger partial charge in [-0.2, -0.15) is 0 Å². The highest BCUT2D eigenvalue weighted by molar-refractivity contribution is 6.30. The van der Waals surface area contributed by atoms with Crippen LogP contribution in [-0.4, -0.2) is 20.4 Å². The summed E-state index contributed by atoms with van der Waals surface area (Å²) in [6.45, 7) is 0.623. The number of fused-ring (bicyclic) bond motifs is 1. The van der Waals surface area contributed by atoms with Gasteiger partial charge in [0.2, 0.25) is 0 Å². The van der Waals surface area contributed by atoms with E-state index in [0.717, 1.165) is 16.5 Å². The topological polar surface area (TPSA) is 59.8 Å². The third-order valence-electron chi connectivity index (χ3n) is 3.96. The van der Waals surface area contributed by atoms with E-state index < -0.39 is 0 Å². The van der Waals surface area contributed by atoms with Crippen molar-refractivity contribution in [2.75, 3.05) is 5.32 Å². The number of para-hydroxylation sites is 1. The lowest BCUT2D eigenvalue weighted by atomic mass is 10.2. The zero-order valence-electron chi connectivity index (χ0n) is 13.8. The summed E-state index contributed by atoms with van der Waals surface area (Å²) in [7, 11) is 0. The lowest BCUT2D eigenvalue weighted by Crippen LogP contribution is -2.13. The number of hydrogen-bond acceptors (Lipinski definition) is 3. The molecule has 0 bridgehead atoms. The molecule has 0 radical (unpaired) electrons. The fourth-order valence-electron chi connectivity index (χ4n) is 2.73. The Bertz CT molecular complexity index is 1090. The van der Waals surface area contributed by atoms with Gasteiger partial charge in [-0.15, -0.1) is 0 Å². The smallest absolute Gasteiger partial charge is 0.275 e. The van der Waals surface area contributed by atoms with Gasteiger partial charge in [0.05, 0.1) is 11.8 Å². The van der Waals surface area contributed by atoms with E-state index in [9.17, 15) is 4.79 Å². The van der Waals surface area contributed by atoms with Crippen molar-refractivity contribution in [2.24, 2.45) is 0 Å². The number of carbonyl (C=O) groups is 1. The molecule has 0 spiro atoms. The molecule has 2 aromatic carbocycles. The molecule has 2 aromatic heterocycles. The minimum absolute atomic E-state index is 0.288. The van der Waals surface area contributed by atoms with E-state index >= 15 is 0 Å². The lowest BCUT2D eigenvalue weighted by Gasteiger charge is -2.04. The molecule has 0 unspecified atom stereocenters. The zero-order valence-corrected chi connectivity index (χ0v) is 14.5. The Labute approximate surface area is 155 Å². The fourth-order valence-corrected chi connectivity index (χ4v) is 2.94. The van der Waals surface area contributed by atoms with Crippen molar-refractivity contribution in [3.8, 4) is 0 Å². The van der Waals surface area contributed by atoms with Gasteiger partial charge in [0.15, 0.2) is 5.82 Å². The van der Waals surface area contributed by atoms with Gasteiger partial charge >= 0.3 is 0 Å². The van der Waals surface area contributed by atoms with E-state index in [2.05, 4.69) is 15.3 Å². The first-order chi connectivity index (χ1) is 12.7. The molecule has 26 heavy (non-hydrogen) atoms. The maximum Gasteiger partial charge on any atom is 0.275 e. The maximum absolute atomic E-state index is 12.4. The predicted octanol–water partition coefficient (Wildman–Crippen LogP) is 4.39. The Kier molecular flexibility index (Phi) is 4.37. The van der Waals surface area contributed by atoms with Gasteiger partial charge in [0.25, 0.3) is 5.91 Å². The van der Waals surface area contributed by atoms with Crippen molar-refractivity contribution in [3.05, 3.63) is 89.5 Å². The molecule has 1 N–H and O–H groups in total. The number of halogens is 1. The van der Waals surface area contributed by atoms with Gasteiger partial charge in [-0.25, -0.2) is 9.97 Å². The van der Waals surface area contributed by atoms with Crippen LogP contribution in [-0.2, 0) is 6.54 Å². The minimum Gasteiger partial charge on any atom is -0.331 e. The number of rotatable bonds is 4. The molecule has 4 rings (SSSR count). The van der Waals surface area contributed by atoms with E-state index in [1.807, 2.05) is 59.2 Å². The molecule has 0 saturated carbocycles. The van der Waals surface area contributed by atoms with E-state index in [1.165, 1.54) is 0 Å². The summed E-state index contributed by atoms with van der Waals surface area (Å²) in [5.41, 5.74) is 2.20. The van der Waals surface area contributed by atoms with Crippen LogP contribution < -0.4 is 5.32 Å².